The Morgan fingerprint density at radius 1 is 1.06 bits per heavy atom. The number of carbonyl (C=O) groups excluding carboxylic acids is 2. The standard InChI is InChI=1S/C24H26N4O3/c1-26-16-18(9-10-21(26)29)23(30)28-14-5-7-19(12-15-28)27(2)24(31)22-20-8-4-3-6-17(20)11-13-25-22/h3-4,6,8-11,13,16,19H,5,7,12,14-15H2,1-2H3/t19-/m0/s1. The van der Waals surface area contributed by atoms with Crippen LogP contribution in [0.3, 0.4) is 0 Å². The third kappa shape index (κ3) is 4.21. The van der Waals surface area contributed by atoms with Crippen LogP contribution in [0.5, 0.6) is 0 Å². The first-order chi connectivity index (χ1) is 15.0. The molecule has 1 aromatic carbocycles. The first-order valence-corrected chi connectivity index (χ1v) is 10.5. The maximum atomic E-state index is 13.2. The van der Waals surface area contributed by atoms with Gasteiger partial charge in [0.05, 0.1) is 5.56 Å². The van der Waals surface area contributed by atoms with E-state index in [1.165, 1.54) is 10.6 Å². The molecule has 1 saturated heterocycles. The van der Waals surface area contributed by atoms with Gasteiger partial charge in [-0.2, -0.15) is 0 Å². The number of pyridine rings is 2. The lowest BCUT2D eigenvalue weighted by Crippen LogP contribution is -2.39. The van der Waals surface area contributed by atoms with E-state index in [1.807, 2.05) is 42.3 Å². The number of hydrogen-bond acceptors (Lipinski definition) is 4. The number of aryl methyl sites for hydroxylation is 1. The van der Waals surface area contributed by atoms with Crippen LogP contribution in [0.1, 0.15) is 40.1 Å². The van der Waals surface area contributed by atoms with E-state index in [-0.39, 0.29) is 23.4 Å². The molecule has 0 unspecified atom stereocenters. The molecule has 31 heavy (non-hydrogen) atoms. The van der Waals surface area contributed by atoms with Gasteiger partial charge in [-0.05, 0) is 36.8 Å². The molecule has 3 aromatic rings. The Balaban J connectivity index is 1.47. The summed E-state index contributed by atoms with van der Waals surface area (Å²) in [5.74, 6) is -0.180. The second-order valence-electron chi connectivity index (χ2n) is 8.04. The molecule has 0 aliphatic carbocycles. The molecule has 0 radical (unpaired) electrons. The predicted octanol–water partition coefficient (Wildman–Crippen LogP) is 2.70. The van der Waals surface area contributed by atoms with Crippen molar-refractivity contribution >= 4 is 22.6 Å². The number of nitrogens with zero attached hydrogens (tertiary/aromatic N) is 4. The van der Waals surface area contributed by atoms with Crippen molar-refractivity contribution in [2.75, 3.05) is 20.1 Å². The summed E-state index contributed by atoms with van der Waals surface area (Å²) in [5.41, 5.74) is 0.822. The van der Waals surface area contributed by atoms with E-state index in [4.69, 9.17) is 0 Å². The molecule has 1 aliphatic heterocycles. The highest BCUT2D eigenvalue weighted by Crippen LogP contribution is 2.22. The van der Waals surface area contributed by atoms with E-state index in [1.54, 1.807) is 30.4 Å². The quantitative estimate of drug-likeness (QED) is 0.655. The molecular weight excluding hydrogens is 392 g/mol. The molecule has 1 fully saturated rings. The maximum absolute atomic E-state index is 13.2. The predicted molar refractivity (Wildman–Crippen MR) is 119 cm³/mol. The van der Waals surface area contributed by atoms with E-state index in [0.29, 0.717) is 30.8 Å². The van der Waals surface area contributed by atoms with E-state index < -0.39 is 0 Å². The van der Waals surface area contributed by atoms with Crippen molar-refractivity contribution in [1.29, 1.82) is 0 Å². The Morgan fingerprint density at radius 3 is 2.68 bits per heavy atom. The number of fused-ring (bicyclic) bond motifs is 1. The first-order valence-electron chi connectivity index (χ1n) is 10.5. The van der Waals surface area contributed by atoms with Gasteiger partial charge in [0.2, 0.25) is 5.56 Å². The fourth-order valence-corrected chi connectivity index (χ4v) is 4.20. The zero-order valence-corrected chi connectivity index (χ0v) is 17.8. The highest BCUT2D eigenvalue weighted by molar-refractivity contribution is 6.05. The van der Waals surface area contributed by atoms with Crippen LogP contribution in [-0.2, 0) is 7.05 Å². The SMILES string of the molecule is CN(C(=O)c1nccc2ccccc12)[C@H]1CCCN(C(=O)c2ccc(=O)n(C)c2)CC1. The highest BCUT2D eigenvalue weighted by atomic mass is 16.2. The summed E-state index contributed by atoms with van der Waals surface area (Å²) >= 11 is 0. The van der Waals surface area contributed by atoms with Gasteiger partial charge in [-0.15, -0.1) is 0 Å². The molecular formula is C24H26N4O3. The zero-order chi connectivity index (χ0) is 22.0. The molecule has 160 valence electrons. The summed E-state index contributed by atoms with van der Waals surface area (Å²) in [6.07, 6.45) is 5.58. The van der Waals surface area contributed by atoms with Crippen LogP contribution in [0.25, 0.3) is 10.8 Å². The van der Waals surface area contributed by atoms with Crippen molar-refractivity contribution in [3.8, 4) is 0 Å². The third-order valence-electron chi connectivity index (χ3n) is 6.06. The summed E-state index contributed by atoms with van der Waals surface area (Å²) in [6.45, 7) is 1.19. The smallest absolute Gasteiger partial charge is 0.273 e. The Labute approximate surface area is 180 Å². The normalized spacial score (nSPS) is 16.7. The van der Waals surface area contributed by atoms with Crippen molar-refractivity contribution in [2.45, 2.75) is 25.3 Å². The van der Waals surface area contributed by atoms with Crippen molar-refractivity contribution in [3.05, 3.63) is 76.5 Å². The van der Waals surface area contributed by atoms with Crippen LogP contribution in [0.15, 0.2) is 59.7 Å². The van der Waals surface area contributed by atoms with Crippen LogP contribution in [0.2, 0.25) is 0 Å². The average Bonchev–Trinajstić information content (AvgIpc) is 3.05. The maximum Gasteiger partial charge on any atom is 0.273 e. The van der Waals surface area contributed by atoms with Crippen LogP contribution in [0.4, 0.5) is 0 Å². The summed E-state index contributed by atoms with van der Waals surface area (Å²) < 4.78 is 1.41. The van der Waals surface area contributed by atoms with Gasteiger partial charge in [0, 0.05) is 57.1 Å². The Hall–Kier alpha value is -3.48. The molecule has 1 atom stereocenters. The molecule has 0 saturated carbocycles. The van der Waals surface area contributed by atoms with Gasteiger partial charge >= 0.3 is 0 Å². The molecule has 0 N–H and O–H groups in total. The van der Waals surface area contributed by atoms with Crippen LogP contribution >= 0.6 is 0 Å². The summed E-state index contributed by atoms with van der Waals surface area (Å²) in [7, 11) is 3.46. The zero-order valence-electron chi connectivity index (χ0n) is 17.8. The van der Waals surface area contributed by atoms with Crippen LogP contribution < -0.4 is 5.56 Å². The lowest BCUT2D eigenvalue weighted by atomic mass is 10.1. The second kappa shape index (κ2) is 8.71. The molecule has 2 aromatic heterocycles. The van der Waals surface area contributed by atoms with E-state index >= 15 is 0 Å². The lowest BCUT2D eigenvalue weighted by Gasteiger charge is -2.27. The molecule has 1 aliphatic rings. The van der Waals surface area contributed by atoms with Gasteiger partial charge in [-0.1, -0.05) is 24.3 Å². The molecule has 0 spiro atoms. The molecule has 4 rings (SSSR count). The molecule has 7 nitrogen and oxygen atoms in total. The topological polar surface area (TPSA) is 75.5 Å². The number of aromatic nitrogens is 2. The van der Waals surface area contributed by atoms with Crippen molar-refractivity contribution < 1.29 is 9.59 Å². The number of hydrogen-bond donors (Lipinski definition) is 0. The van der Waals surface area contributed by atoms with Gasteiger partial charge in [0.1, 0.15) is 5.69 Å². The van der Waals surface area contributed by atoms with E-state index in [2.05, 4.69) is 4.98 Å². The molecule has 0 bridgehead atoms. The minimum atomic E-state index is -0.144. The Kier molecular flexibility index (Phi) is 5.84. The monoisotopic (exact) mass is 418 g/mol. The third-order valence-corrected chi connectivity index (χ3v) is 6.06. The van der Waals surface area contributed by atoms with Crippen molar-refractivity contribution in [1.82, 2.24) is 19.4 Å². The van der Waals surface area contributed by atoms with Crippen LogP contribution in [0, 0.1) is 0 Å². The fourth-order valence-electron chi connectivity index (χ4n) is 4.20. The minimum absolute atomic E-state index is 0.0335. The number of carbonyl (C=O) groups is 2. The van der Waals surface area contributed by atoms with Gasteiger partial charge in [-0.25, -0.2) is 0 Å². The molecule has 7 heteroatoms. The molecule has 3 heterocycles. The number of rotatable bonds is 3. The Bertz CT molecular complexity index is 1180. The second-order valence-corrected chi connectivity index (χ2v) is 8.04. The van der Waals surface area contributed by atoms with Crippen LogP contribution in [-0.4, -0.2) is 57.3 Å². The van der Waals surface area contributed by atoms with Gasteiger partial charge in [0.15, 0.2) is 0 Å². The number of amides is 2. The number of likely N-dealkylation sites (tertiary alicyclic amines) is 1. The van der Waals surface area contributed by atoms with Crippen molar-refractivity contribution in [3.63, 3.8) is 0 Å². The number of benzene rings is 1. The summed E-state index contributed by atoms with van der Waals surface area (Å²) in [6, 6.07) is 12.7. The van der Waals surface area contributed by atoms with E-state index in [0.717, 1.165) is 23.6 Å². The average molecular weight is 418 g/mol. The van der Waals surface area contributed by atoms with Crippen molar-refractivity contribution in [2.24, 2.45) is 7.05 Å². The Morgan fingerprint density at radius 2 is 1.87 bits per heavy atom. The van der Waals surface area contributed by atoms with Gasteiger partial charge in [0.25, 0.3) is 11.8 Å². The van der Waals surface area contributed by atoms with E-state index in [9.17, 15) is 14.4 Å². The summed E-state index contributed by atoms with van der Waals surface area (Å²) in [4.78, 5) is 45.7. The minimum Gasteiger partial charge on any atom is -0.339 e. The summed E-state index contributed by atoms with van der Waals surface area (Å²) in [5, 5.41) is 1.84. The van der Waals surface area contributed by atoms with Gasteiger partial charge < -0.3 is 14.4 Å². The first kappa shape index (κ1) is 20.8. The lowest BCUT2D eigenvalue weighted by molar-refractivity contribution is 0.0707. The fraction of sp³-hybridized carbons (Fsp3) is 0.333. The largest absolute Gasteiger partial charge is 0.339 e. The highest BCUT2D eigenvalue weighted by Gasteiger charge is 2.27. The molecule has 2 amide bonds. The van der Waals surface area contributed by atoms with Gasteiger partial charge in [-0.3, -0.25) is 19.4 Å².